The lowest BCUT2D eigenvalue weighted by Crippen LogP contribution is -2.32. The monoisotopic (exact) mass is 484 g/mol. The van der Waals surface area contributed by atoms with Crippen LogP contribution in [0.3, 0.4) is 0 Å². The number of amides is 2. The highest BCUT2D eigenvalue weighted by Gasteiger charge is 2.18. The molecule has 0 fully saturated rings. The molecule has 0 aliphatic heterocycles. The lowest BCUT2D eigenvalue weighted by atomic mass is 9.92. The summed E-state index contributed by atoms with van der Waals surface area (Å²) in [6.07, 6.45) is 0. The van der Waals surface area contributed by atoms with E-state index in [0.29, 0.717) is 30.3 Å². The molecule has 0 unspecified atom stereocenters. The molecule has 0 bridgehead atoms. The minimum atomic E-state index is -0.717. The Morgan fingerprint density at radius 1 is 0.857 bits per heavy atom. The molecule has 8 heteroatoms. The maximum Gasteiger partial charge on any atom is 0.325 e. The van der Waals surface area contributed by atoms with Gasteiger partial charge < -0.3 is 24.8 Å². The van der Waals surface area contributed by atoms with Crippen molar-refractivity contribution >= 4 is 23.5 Å². The number of para-hydroxylation sites is 1. The summed E-state index contributed by atoms with van der Waals surface area (Å²) in [6.45, 7) is 12.0. The normalized spacial score (nSPS) is 10.7. The Hall–Kier alpha value is -3.55. The van der Waals surface area contributed by atoms with E-state index in [1.807, 2.05) is 32.0 Å². The smallest absolute Gasteiger partial charge is 0.325 e. The molecule has 0 aromatic heterocycles. The van der Waals surface area contributed by atoms with Crippen molar-refractivity contribution in [1.82, 2.24) is 5.32 Å². The van der Waals surface area contributed by atoms with Crippen molar-refractivity contribution in [2.75, 3.05) is 31.7 Å². The van der Waals surface area contributed by atoms with Gasteiger partial charge in [-0.1, -0.05) is 45.9 Å². The predicted octanol–water partition coefficient (Wildman–Crippen LogP) is 4.64. The number of benzene rings is 2. The van der Waals surface area contributed by atoms with Gasteiger partial charge in [-0.2, -0.15) is 0 Å². The molecule has 0 radical (unpaired) electrons. The number of esters is 1. The average Bonchev–Trinajstić information content (AvgIpc) is 2.82. The Morgan fingerprint density at radius 2 is 1.46 bits per heavy atom. The highest BCUT2D eigenvalue weighted by molar-refractivity contribution is 5.97. The molecule has 0 aliphatic carbocycles. The summed E-state index contributed by atoms with van der Waals surface area (Å²) in [4.78, 5) is 37.1. The van der Waals surface area contributed by atoms with Gasteiger partial charge in [0.2, 0.25) is 0 Å². The summed E-state index contributed by atoms with van der Waals surface area (Å²) in [6, 6.07) is 10.7. The van der Waals surface area contributed by atoms with E-state index in [2.05, 4.69) is 38.3 Å². The fourth-order valence-electron chi connectivity index (χ4n) is 3.51. The van der Waals surface area contributed by atoms with E-state index >= 15 is 0 Å². The van der Waals surface area contributed by atoms with Crippen LogP contribution in [0.25, 0.3) is 0 Å². The van der Waals surface area contributed by atoms with Gasteiger partial charge in [0.25, 0.3) is 11.8 Å². The largest absolute Gasteiger partial charge is 0.490 e. The number of anilines is 1. The number of carbonyl (C=O) groups excluding carboxylic acids is 3. The van der Waals surface area contributed by atoms with Gasteiger partial charge in [-0.25, -0.2) is 0 Å². The summed E-state index contributed by atoms with van der Waals surface area (Å²) < 4.78 is 16.1. The second-order valence-corrected chi connectivity index (χ2v) is 8.54. The zero-order chi connectivity index (χ0) is 26.0. The first kappa shape index (κ1) is 27.7. The zero-order valence-electron chi connectivity index (χ0n) is 21.4. The maximum atomic E-state index is 12.5. The number of carbonyl (C=O) groups is 3. The third-order valence-corrected chi connectivity index (χ3v) is 5.20. The summed E-state index contributed by atoms with van der Waals surface area (Å²) in [7, 11) is 0. The van der Waals surface area contributed by atoms with Crippen molar-refractivity contribution in [3.8, 4) is 11.5 Å². The first-order valence-electron chi connectivity index (χ1n) is 11.9. The highest BCUT2D eigenvalue weighted by atomic mass is 16.5. The predicted molar refractivity (Wildman–Crippen MR) is 135 cm³/mol. The van der Waals surface area contributed by atoms with Crippen LogP contribution in [0.5, 0.6) is 11.5 Å². The second kappa shape index (κ2) is 13.4. The van der Waals surface area contributed by atoms with Crippen LogP contribution in [-0.4, -0.2) is 44.1 Å². The molecule has 2 amide bonds. The van der Waals surface area contributed by atoms with Crippen molar-refractivity contribution in [1.29, 1.82) is 0 Å². The van der Waals surface area contributed by atoms with Gasteiger partial charge in [0, 0.05) is 11.3 Å². The van der Waals surface area contributed by atoms with E-state index in [-0.39, 0.29) is 18.4 Å². The summed E-state index contributed by atoms with van der Waals surface area (Å²) in [5.74, 6) is -0.207. The molecule has 35 heavy (non-hydrogen) atoms. The zero-order valence-corrected chi connectivity index (χ0v) is 21.4. The van der Waals surface area contributed by atoms with Crippen LogP contribution in [0.1, 0.15) is 74.9 Å². The van der Waals surface area contributed by atoms with Crippen LogP contribution in [0.2, 0.25) is 0 Å². The third-order valence-electron chi connectivity index (χ3n) is 5.20. The Kier molecular flexibility index (Phi) is 10.6. The number of hydrogen-bond donors (Lipinski definition) is 2. The second-order valence-electron chi connectivity index (χ2n) is 8.54. The lowest BCUT2D eigenvalue weighted by Gasteiger charge is -2.20. The van der Waals surface area contributed by atoms with Crippen LogP contribution in [0, 0.1) is 0 Å². The molecule has 0 saturated carbocycles. The summed E-state index contributed by atoms with van der Waals surface area (Å²) >= 11 is 0. The molecule has 0 heterocycles. The molecule has 8 nitrogen and oxygen atoms in total. The Labute approximate surface area is 207 Å². The third kappa shape index (κ3) is 8.02. The van der Waals surface area contributed by atoms with E-state index in [1.165, 1.54) is 0 Å². The highest BCUT2D eigenvalue weighted by Crippen LogP contribution is 2.32. The van der Waals surface area contributed by atoms with Crippen molar-refractivity contribution in [3.05, 3.63) is 53.1 Å². The molecule has 0 spiro atoms. The fourth-order valence-corrected chi connectivity index (χ4v) is 3.51. The van der Waals surface area contributed by atoms with Crippen molar-refractivity contribution < 1.29 is 28.6 Å². The maximum absolute atomic E-state index is 12.5. The van der Waals surface area contributed by atoms with Crippen molar-refractivity contribution in [2.45, 2.75) is 53.4 Å². The minimum Gasteiger partial charge on any atom is -0.490 e. The Balaban J connectivity index is 1.93. The van der Waals surface area contributed by atoms with Crippen LogP contribution in [0.4, 0.5) is 5.69 Å². The summed E-state index contributed by atoms with van der Waals surface area (Å²) in [5.41, 5.74) is 3.11. The standard InChI is InChI=1S/C27H36N2O6/c1-7-33-22-13-12-19(14-23(22)34-8-2)27(32)28-15-25(31)35-16-24(30)29-26-20(17(3)4)10-9-11-21(26)18(5)6/h9-14,17-18H,7-8,15-16H2,1-6H3,(H,28,32)(H,29,30). The van der Waals surface area contributed by atoms with E-state index in [4.69, 9.17) is 14.2 Å². The molecule has 190 valence electrons. The van der Waals surface area contributed by atoms with E-state index in [1.54, 1.807) is 18.2 Å². The van der Waals surface area contributed by atoms with Gasteiger partial charge in [-0.3, -0.25) is 14.4 Å². The molecule has 0 saturated heterocycles. The van der Waals surface area contributed by atoms with Crippen LogP contribution in [-0.2, 0) is 14.3 Å². The number of rotatable bonds is 12. The summed E-state index contributed by atoms with van der Waals surface area (Å²) in [5, 5.41) is 5.39. The molecule has 2 aromatic carbocycles. The van der Waals surface area contributed by atoms with Gasteiger partial charge in [0.15, 0.2) is 18.1 Å². The fraction of sp³-hybridized carbons (Fsp3) is 0.444. The van der Waals surface area contributed by atoms with Gasteiger partial charge in [-0.05, 0) is 55.0 Å². The SMILES string of the molecule is CCOc1ccc(C(=O)NCC(=O)OCC(=O)Nc2c(C(C)C)cccc2C(C)C)cc1OCC. The lowest BCUT2D eigenvalue weighted by molar-refractivity contribution is -0.146. The van der Waals surface area contributed by atoms with Gasteiger partial charge >= 0.3 is 5.97 Å². The molecule has 2 rings (SSSR count). The van der Waals surface area contributed by atoms with E-state index in [9.17, 15) is 14.4 Å². The van der Waals surface area contributed by atoms with E-state index < -0.39 is 24.4 Å². The van der Waals surface area contributed by atoms with E-state index in [0.717, 1.165) is 16.8 Å². The molecule has 0 aliphatic rings. The average molecular weight is 485 g/mol. The quantitative estimate of drug-likeness (QED) is 0.426. The van der Waals surface area contributed by atoms with Crippen LogP contribution in [0.15, 0.2) is 36.4 Å². The molecule has 2 N–H and O–H groups in total. The minimum absolute atomic E-state index is 0.215. The van der Waals surface area contributed by atoms with Gasteiger partial charge in [-0.15, -0.1) is 0 Å². The Morgan fingerprint density at radius 3 is 2.03 bits per heavy atom. The first-order chi connectivity index (χ1) is 16.7. The first-order valence-corrected chi connectivity index (χ1v) is 11.9. The molecular formula is C27H36N2O6. The topological polar surface area (TPSA) is 103 Å². The number of hydrogen-bond acceptors (Lipinski definition) is 6. The van der Waals surface area contributed by atoms with Crippen LogP contribution < -0.4 is 20.1 Å². The van der Waals surface area contributed by atoms with Gasteiger partial charge in [0.1, 0.15) is 6.54 Å². The number of nitrogens with one attached hydrogen (secondary N) is 2. The van der Waals surface area contributed by atoms with Crippen LogP contribution >= 0.6 is 0 Å². The van der Waals surface area contributed by atoms with Crippen molar-refractivity contribution in [3.63, 3.8) is 0 Å². The number of ether oxygens (including phenoxy) is 3. The Bertz CT molecular complexity index is 1010. The van der Waals surface area contributed by atoms with Crippen molar-refractivity contribution in [2.24, 2.45) is 0 Å². The molecule has 0 atom stereocenters. The molecule has 2 aromatic rings. The van der Waals surface area contributed by atoms with Gasteiger partial charge in [0.05, 0.1) is 13.2 Å². The molecular weight excluding hydrogens is 448 g/mol.